The standard InChI is InChI=1S/C18H25N3/c1-6-19-14(4)17-11-20-18(21-15(17)5)10-16-8-7-12(2)13(3)9-16/h7-9,11,14,19H,6,10H2,1-5H3. The van der Waals surface area contributed by atoms with Crippen LogP contribution in [-0.2, 0) is 6.42 Å². The van der Waals surface area contributed by atoms with E-state index in [4.69, 9.17) is 0 Å². The molecule has 1 heterocycles. The molecule has 1 aromatic carbocycles. The third-order valence-electron chi connectivity index (χ3n) is 3.98. The lowest BCUT2D eigenvalue weighted by atomic mass is 10.0. The number of hydrogen-bond acceptors (Lipinski definition) is 3. The summed E-state index contributed by atoms with van der Waals surface area (Å²) in [6.07, 6.45) is 2.75. The Morgan fingerprint density at radius 1 is 1.14 bits per heavy atom. The lowest BCUT2D eigenvalue weighted by molar-refractivity contribution is 0.588. The molecule has 0 aliphatic heterocycles. The number of rotatable bonds is 5. The summed E-state index contributed by atoms with van der Waals surface area (Å²) < 4.78 is 0. The zero-order chi connectivity index (χ0) is 15.4. The summed E-state index contributed by atoms with van der Waals surface area (Å²) >= 11 is 0. The maximum Gasteiger partial charge on any atom is 0.132 e. The topological polar surface area (TPSA) is 37.8 Å². The van der Waals surface area contributed by atoms with Gasteiger partial charge in [0, 0.05) is 29.9 Å². The number of aromatic nitrogens is 2. The van der Waals surface area contributed by atoms with Gasteiger partial charge in [0.25, 0.3) is 0 Å². The molecule has 1 N–H and O–H groups in total. The molecule has 0 aliphatic carbocycles. The monoisotopic (exact) mass is 283 g/mol. The zero-order valence-electron chi connectivity index (χ0n) is 13.7. The SMILES string of the molecule is CCNC(C)c1cnc(Cc2ccc(C)c(C)c2)nc1C. The molecule has 1 atom stereocenters. The van der Waals surface area contributed by atoms with Crippen molar-refractivity contribution in [2.24, 2.45) is 0 Å². The number of hydrogen-bond donors (Lipinski definition) is 1. The third-order valence-corrected chi connectivity index (χ3v) is 3.98. The van der Waals surface area contributed by atoms with Gasteiger partial charge in [-0.15, -0.1) is 0 Å². The molecular formula is C18H25N3. The fourth-order valence-electron chi connectivity index (χ4n) is 2.55. The number of nitrogens with zero attached hydrogens (tertiary/aromatic N) is 2. The highest BCUT2D eigenvalue weighted by Gasteiger charge is 2.10. The largest absolute Gasteiger partial charge is 0.310 e. The van der Waals surface area contributed by atoms with Crippen molar-refractivity contribution in [1.82, 2.24) is 15.3 Å². The predicted octanol–water partition coefficient (Wildman–Crippen LogP) is 3.66. The van der Waals surface area contributed by atoms with Crippen molar-refractivity contribution in [2.75, 3.05) is 6.54 Å². The molecule has 0 amide bonds. The van der Waals surface area contributed by atoms with Crippen LogP contribution in [0.1, 0.15) is 53.7 Å². The van der Waals surface area contributed by atoms with Gasteiger partial charge in [-0.2, -0.15) is 0 Å². The van der Waals surface area contributed by atoms with Crippen LogP contribution in [0.15, 0.2) is 24.4 Å². The van der Waals surface area contributed by atoms with E-state index in [9.17, 15) is 0 Å². The van der Waals surface area contributed by atoms with Crippen molar-refractivity contribution in [1.29, 1.82) is 0 Å². The molecule has 0 radical (unpaired) electrons. The minimum absolute atomic E-state index is 0.297. The summed E-state index contributed by atoms with van der Waals surface area (Å²) in [7, 11) is 0. The Morgan fingerprint density at radius 2 is 1.90 bits per heavy atom. The van der Waals surface area contributed by atoms with Crippen LogP contribution >= 0.6 is 0 Å². The van der Waals surface area contributed by atoms with Crippen LogP contribution in [0.3, 0.4) is 0 Å². The van der Waals surface area contributed by atoms with Gasteiger partial charge >= 0.3 is 0 Å². The first-order chi connectivity index (χ1) is 10.0. The Hall–Kier alpha value is -1.74. The van der Waals surface area contributed by atoms with E-state index in [0.29, 0.717) is 6.04 Å². The van der Waals surface area contributed by atoms with Gasteiger partial charge in [0.05, 0.1) is 0 Å². The highest BCUT2D eigenvalue weighted by molar-refractivity contribution is 5.31. The van der Waals surface area contributed by atoms with Crippen LogP contribution < -0.4 is 5.32 Å². The van der Waals surface area contributed by atoms with Gasteiger partial charge in [0.2, 0.25) is 0 Å². The van der Waals surface area contributed by atoms with Crippen LogP contribution in [0.5, 0.6) is 0 Å². The Morgan fingerprint density at radius 3 is 2.52 bits per heavy atom. The van der Waals surface area contributed by atoms with E-state index in [-0.39, 0.29) is 0 Å². The Balaban J connectivity index is 2.18. The second-order valence-electron chi connectivity index (χ2n) is 5.70. The molecule has 0 bridgehead atoms. The Kier molecular flexibility index (Phi) is 5.07. The lowest BCUT2D eigenvalue weighted by Gasteiger charge is -2.15. The number of benzene rings is 1. The smallest absolute Gasteiger partial charge is 0.132 e. The Labute approximate surface area is 127 Å². The van der Waals surface area contributed by atoms with Crippen LogP contribution in [0.25, 0.3) is 0 Å². The molecule has 0 spiro atoms. The molecule has 3 nitrogen and oxygen atoms in total. The zero-order valence-corrected chi connectivity index (χ0v) is 13.7. The van der Waals surface area contributed by atoms with Crippen molar-refractivity contribution >= 4 is 0 Å². The predicted molar refractivity (Wildman–Crippen MR) is 87.6 cm³/mol. The summed E-state index contributed by atoms with van der Waals surface area (Å²) in [6, 6.07) is 6.85. The van der Waals surface area contributed by atoms with Gasteiger partial charge in [-0.1, -0.05) is 25.1 Å². The molecule has 2 aromatic rings. The molecule has 0 fully saturated rings. The van der Waals surface area contributed by atoms with Gasteiger partial charge in [-0.3, -0.25) is 0 Å². The molecular weight excluding hydrogens is 258 g/mol. The van der Waals surface area contributed by atoms with Crippen molar-refractivity contribution < 1.29 is 0 Å². The molecule has 1 unspecified atom stereocenters. The normalized spacial score (nSPS) is 12.4. The Bertz CT molecular complexity index is 620. The van der Waals surface area contributed by atoms with Crippen LogP contribution in [0.2, 0.25) is 0 Å². The van der Waals surface area contributed by atoms with E-state index in [2.05, 4.69) is 68.1 Å². The van der Waals surface area contributed by atoms with E-state index in [0.717, 1.165) is 24.5 Å². The van der Waals surface area contributed by atoms with Crippen molar-refractivity contribution in [3.05, 3.63) is 58.2 Å². The second kappa shape index (κ2) is 6.81. The molecule has 0 aliphatic rings. The highest BCUT2D eigenvalue weighted by Crippen LogP contribution is 2.16. The quantitative estimate of drug-likeness (QED) is 0.910. The third kappa shape index (κ3) is 3.88. The molecule has 0 saturated heterocycles. The van der Waals surface area contributed by atoms with Gasteiger partial charge in [-0.25, -0.2) is 9.97 Å². The van der Waals surface area contributed by atoms with Crippen molar-refractivity contribution in [3.63, 3.8) is 0 Å². The van der Waals surface area contributed by atoms with E-state index in [1.807, 2.05) is 6.20 Å². The summed E-state index contributed by atoms with van der Waals surface area (Å²) in [5.74, 6) is 0.892. The fourth-order valence-corrected chi connectivity index (χ4v) is 2.55. The first kappa shape index (κ1) is 15.6. The lowest BCUT2D eigenvalue weighted by Crippen LogP contribution is -2.19. The van der Waals surface area contributed by atoms with E-state index in [1.54, 1.807) is 0 Å². The van der Waals surface area contributed by atoms with Gasteiger partial charge in [0.1, 0.15) is 5.82 Å². The summed E-state index contributed by atoms with van der Waals surface area (Å²) in [6.45, 7) is 11.6. The molecule has 21 heavy (non-hydrogen) atoms. The second-order valence-corrected chi connectivity index (χ2v) is 5.70. The molecule has 2 rings (SSSR count). The molecule has 112 valence electrons. The average Bonchev–Trinajstić information content (AvgIpc) is 2.43. The number of nitrogens with one attached hydrogen (secondary N) is 1. The van der Waals surface area contributed by atoms with E-state index < -0.39 is 0 Å². The molecule has 0 saturated carbocycles. The molecule has 1 aromatic heterocycles. The van der Waals surface area contributed by atoms with Gasteiger partial charge < -0.3 is 5.32 Å². The van der Waals surface area contributed by atoms with E-state index >= 15 is 0 Å². The van der Waals surface area contributed by atoms with Gasteiger partial charge in [-0.05, 0) is 50.9 Å². The first-order valence-electron chi connectivity index (χ1n) is 7.63. The van der Waals surface area contributed by atoms with Crippen LogP contribution in [0.4, 0.5) is 0 Å². The highest BCUT2D eigenvalue weighted by atomic mass is 14.9. The fraction of sp³-hybridized carbons (Fsp3) is 0.444. The summed E-state index contributed by atoms with van der Waals surface area (Å²) in [5.41, 5.74) is 6.16. The van der Waals surface area contributed by atoms with Gasteiger partial charge in [0.15, 0.2) is 0 Å². The maximum absolute atomic E-state index is 4.67. The van der Waals surface area contributed by atoms with Crippen LogP contribution in [-0.4, -0.2) is 16.5 Å². The molecule has 3 heteroatoms. The number of aryl methyl sites for hydroxylation is 3. The van der Waals surface area contributed by atoms with E-state index in [1.165, 1.54) is 22.3 Å². The minimum atomic E-state index is 0.297. The van der Waals surface area contributed by atoms with Crippen LogP contribution in [0, 0.1) is 20.8 Å². The maximum atomic E-state index is 4.67. The average molecular weight is 283 g/mol. The summed E-state index contributed by atoms with van der Waals surface area (Å²) in [4.78, 5) is 9.21. The first-order valence-corrected chi connectivity index (χ1v) is 7.63. The van der Waals surface area contributed by atoms with Crippen molar-refractivity contribution in [2.45, 2.75) is 47.1 Å². The summed E-state index contributed by atoms with van der Waals surface area (Å²) in [5, 5.41) is 3.41. The van der Waals surface area contributed by atoms with Crippen molar-refractivity contribution in [3.8, 4) is 0 Å². The minimum Gasteiger partial charge on any atom is -0.310 e.